The van der Waals surface area contributed by atoms with Crippen LogP contribution in [0.1, 0.15) is 51.2 Å². The van der Waals surface area contributed by atoms with Gasteiger partial charge in [-0.1, -0.05) is 45.5 Å². The number of likely N-dealkylation sites (N-methyl/N-ethyl adjacent to an activating group) is 1. The average Bonchev–Trinajstić information content (AvgIpc) is 2.42. The number of halogens is 1. The van der Waals surface area contributed by atoms with Crippen LogP contribution in [-0.4, -0.2) is 26.5 Å². The summed E-state index contributed by atoms with van der Waals surface area (Å²) in [5.74, 6) is 0.164. The Morgan fingerprint density at radius 2 is 1.77 bits per heavy atom. The molecule has 0 radical (unpaired) electrons. The van der Waals surface area contributed by atoms with E-state index in [0.29, 0.717) is 5.92 Å². The molecule has 2 unspecified atom stereocenters. The highest BCUT2D eigenvalue weighted by molar-refractivity contribution is 5.76. The van der Waals surface area contributed by atoms with Gasteiger partial charge in [-0.3, -0.25) is 4.79 Å². The van der Waals surface area contributed by atoms with Gasteiger partial charge in [-0.05, 0) is 29.9 Å². The second-order valence-corrected chi connectivity index (χ2v) is 6.09. The third kappa shape index (κ3) is 7.81. The number of hydrogen-bond acceptors (Lipinski definition) is 1. The third-order valence-electron chi connectivity index (χ3n) is 3.98. The van der Waals surface area contributed by atoms with Crippen molar-refractivity contribution >= 4 is 5.91 Å². The molecule has 4 heteroatoms. The molecule has 1 aromatic rings. The molecule has 2 atom stereocenters. The standard InChI is InChI=1S/C17H28N2O.CH4.ClH/c1-5-15(12-13(2)17(18)20)16-8-6-14(7-9-16)10-11-19(3)4;;/h6-9,13,15H,5,10-12H2,1-4H3,(H2,18,20);1H4;1H. The highest BCUT2D eigenvalue weighted by Crippen LogP contribution is 2.27. The van der Waals surface area contributed by atoms with Crippen LogP contribution in [0.5, 0.6) is 0 Å². The molecule has 22 heavy (non-hydrogen) atoms. The molecule has 0 aliphatic carbocycles. The van der Waals surface area contributed by atoms with E-state index >= 15 is 0 Å². The van der Waals surface area contributed by atoms with E-state index in [4.69, 9.17) is 5.73 Å². The molecule has 0 bridgehead atoms. The molecule has 1 aromatic carbocycles. The van der Waals surface area contributed by atoms with Crippen LogP contribution in [0, 0.1) is 5.92 Å². The van der Waals surface area contributed by atoms with Crippen LogP contribution >= 0.6 is 0 Å². The van der Waals surface area contributed by atoms with Crippen LogP contribution in [0.2, 0.25) is 0 Å². The van der Waals surface area contributed by atoms with Crippen LogP contribution in [0.25, 0.3) is 0 Å². The monoisotopic (exact) mass is 328 g/mol. The van der Waals surface area contributed by atoms with E-state index in [9.17, 15) is 4.79 Å². The zero-order valence-corrected chi connectivity index (χ0v) is 14.4. The summed E-state index contributed by atoms with van der Waals surface area (Å²) < 4.78 is 0. The quantitative estimate of drug-likeness (QED) is 0.633. The number of rotatable bonds is 8. The van der Waals surface area contributed by atoms with Gasteiger partial charge in [0.2, 0.25) is 5.91 Å². The van der Waals surface area contributed by atoms with Crippen molar-refractivity contribution in [3.8, 4) is 0 Å². The van der Waals surface area contributed by atoms with Gasteiger partial charge in [-0.25, -0.2) is 0 Å². The molecule has 0 aliphatic heterocycles. The minimum absolute atomic E-state index is 0. The van der Waals surface area contributed by atoms with Gasteiger partial charge in [0.25, 0.3) is 0 Å². The van der Waals surface area contributed by atoms with Gasteiger partial charge in [0.1, 0.15) is 0 Å². The smallest absolute Gasteiger partial charge is 0.220 e. The predicted molar refractivity (Wildman–Crippen MR) is 90.6 cm³/mol. The zero-order valence-electron chi connectivity index (χ0n) is 13.7. The molecule has 0 aliphatic rings. The van der Waals surface area contributed by atoms with Crippen LogP contribution < -0.4 is 23.0 Å². The molecule has 0 spiro atoms. The van der Waals surface area contributed by atoms with Gasteiger partial charge in [0.05, 0.1) is 20.6 Å². The Bertz CT molecular complexity index is 418. The van der Waals surface area contributed by atoms with Gasteiger partial charge in [-0.2, -0.15) is 0 Å². The Kier molecular flexibility index (Phi) is 12.1. The highest BCUT2D eigenvalue weighted by atomic mass is 35.5. The fourth-order valence-electron chi connectivity index (χ4n) is 2.43. The molecule has 0 fully saturated rings. The largest absolute Gasteiger partial charge is 1.00 e. The number of primary amides is 1. The summed E-state index contributed by atoms with van der Waals surface area (Å²) in [4.78, 5) is 12.7. The lowest BCUT2D eigenvalue weighted by molar-refractivity contribution is -0.858. The van der Waals surface area contributed by atoms with Crippen LogP contribution in [0.4, 0.5) is 0 Å². The van der Waals surface area contributed by atoms with Crippen molar-refractivity contribution in [2.45, 2.75) is 46.5 Å². The van der Waals surface area contributed by atoms with Gasteiger partial charge in [0, 0.05) is 12.3 Å². The Morgan fingerprint density at radius 3 is 2.18 bits per heavy atom. The first-order valence-corrected chi connectivity index (χ1v) is 7.61. The average molecular weight is 329 g/mol. The number of quaternary nitrogens is 1. The molecule has 0 aromatic heterocycles. The zero-order chi connectivity index (χ0) is 15.1. The number of hydrogen-bond donors (Lipinski definition) is 2. The maximum absolute atomic E-state index is 11.2. The number of nitrogens with one attached hydrogen (secondary N) is 1. The lowest BCUT2D eigenvalue weighted by Crippen LogP contribution is -3.05. The molecular formula is C18H33ClN2O. The Balaban J connectivity index is 0. The summed E-state index contributed by atoms with van der Waals surface area (Å²) in [6, 6.07) is 8.86. The fraction of sp³-hybridized carbons (Fsp3) is 0.611. The lowest BCUT2D eigenvalue weighted by atomic mass is 9.87. The summed E-state index contributed by atoms with van der Waals surface area (Å²) in [7, 11) is 4.35. The number of nitrogens with two attached hydrogens (primary N) is 1. The maximum Gasteiger partial charge on any atom is 0.220 e. The number of benzene rings is 1. The lowest BCUT2D eigenvalue weighted by Gasteiger charge is -2.18. The Hall–Kier alpha value is -1.06. The van der Waals surface area contributed by atoms with Crippen molar-refractivity contribution in [1.29, 1.82) is 0 Å². The first-order chi connectivity index (χ1) is 9.43. The van der Waals surface area contributed by atoms with Crippen molar-refractivity contribution in [2.75, 3.05) is 20.6 Å². The van der Waals surface area contributed by atoms with Crippen LogP contribution in [0.15, 0.2) is 24.3 Å². The van der Waals surface area contributed by atoms with Gasteiger partial charge in [-0.15, -0.1) is 0 Å². The molecule has 1 rings (SSSR count). The molecule has 1 amide bonds. The van der Waals surface area contributed by atoms with Crippen molar-refractivity contribution in [3.63, 3.8) is 0 Å². The molecule has 0 saturated heterocycles. The second kappa shape index (κ2) is 11.5. The van der Waals surface area contributed by atoms with E-state index in [0.717, 1.165) is 25.8 Å². The summed E-state index contributed by atoms with van der Waals surface area (Å²) in [6.45, 7) is 5.23. The Labute approximate surface area is 142 Å². The molecule has 0 heterocycles. The van der Waals surface area contributed by atoms with Crippen molar-refractivity contribution in [1.82, 2.24) is 0 Å². The van der Waals surface area contributed by atoms with E-state index in [-0.39, 0.29) is 31.7 Å². The first kappa shape index (κ1) is 23.2. The van der Waals surface area contributed by atoms with E-state index < -0.39 is 0 Å². The fourth-order valence-corrected chi connectivity index (χ4v) is 2.43. The number of carbonyl (C=O) groups excluding carboxylic acids is 1. The van der Waals surface area contributed by atoms with Crippen LogP contribution in [-0.2, 0) is 11.2 Å². The molecule has 3 N–H and O–H groups in total. The van der Waals surface area contributed by atoms with Crippen molar-refractivity contribution in [3.05, 3.63) is 35.4 Å². The SMILES string of the molecule is C.CCC(CC(C)C(N)=O)c1ccc(CC[NH+](C)C)cc1.[Cl-]. The Morgan fingerprint density at radius 1 is 1.23 bits per heavy atom. The summed E-state index contributed by atoms with van der Waals surface area (Å²) in [6.07, 6.45) is 2.99. The van der Waals surface area contributed by atoms with Crippen molar-refractivity contribution < 1.29 is 22.1 Å². The van der Waals surface area contributed by atoms with Crippen LogP contribution in [0.3, 0.4) is 0 Å². The summed E-state index contributed by atoms with van der Waals surface area (Å²) in [5.41, 5.74) is 8.07. The summed E-state index contributed by atoms with van der Waals surface area (Å²) in [5, 5.41) is 0. The summed E-state index contributed by atoms with van der Waals surface area (Å²) >= 11 is 0. The molecular weight excluding hydrogens is 296 g/mol. The minimum Gasteiger partial charge on any atom is -1.00 e. The third-order valence-corrected chi connectivity index (χ3v) is 3.98. The number of carbonyl (C=O) groups is 1. The van der Waals surface area contributed by atoms with Gasteiger partial charge < -0.3 is 23.0 Å². The van der Waals surface area contributed by atoms with E-state index in [1.54, 1.807) is 0 Å². The normalized spacial score (nSPS) is 13.0. The number of amides is 1. The second-order valence-electron chi connectivity index (χ2n) is 6.09. The molecule has 128 valence electrons. The van der Waals surface area contributed by atoms with Crippen molar-refractivity contribution in [2.24, 2.45) is 11.7 Å². The van der Waals surface area contributed by atoms with E-state index in [2.05, 4.69) is 45.3 Å². The molecule has 3 nitrogen and oxygen atoms in total. The van der Waals surface area contributed by atoms with Gasteiger partial charge >= 0.3 is 0 Å². The minimum atomic E-state index is -0.200. The van der Waals surface area contributed by atoms with E-state index in [1.807, 2.05) is 6.92 Å². The molecule has 0 saturated carbocycles. The predicted octanol–water partition coefficient (Wildman–Crippen LogP) is -0.981. The first-order valence-electron chi connectivity index (χ1n) is 7.61. The van der Waals surface area contributed by atoms with Gasteiger partial charge in [0.15, 0.2) is 0 Å². The maximum atomic E-state index is 11.2. The topological polar surface area (TPSA) is 47.5 Å². The highest BCUT2D eigenvalue weighted by Gasteiger charge is 2.17. The van der Waals surface area contributed by atoms with E-state index in [1.165, 1.54) is 16.0 Å².